The molecular formula is C28H23N3O2S. The molecule has 0 aliphatic carbocycles. The quantitative estimate of drug-likeness (QED) is 0.314. The lowest BCUT2D eigenvalue weighted by Crippen LogP contribution is -2.34. The molecule has 4 rings (SSSR count). The maximum atomic E-state index is 12.5. The molecule has 0 fully saturated rings. The number of carbonyl (C=O) groups is 2. The van der Waals surface area contributed by atoms with Gasteiger partial charge in [-0.05, 0) is 78.3 Å². The Morgan fingerprint density at radius 3 is 1.82 bits per heavy atom. The molecule has 0 saturated heterocycles. The van der Waals surface area contributed by atoms with Gasteiger partial charge in [-0.1, -0.05) is 60.7 Å². The summed E-state index contributed by atoms with van der Waals surface area (Å²) in [6.07, 6.45) is 0. The monoisotopic (exact) mass is 465 g/mol. The molecule has 34 heavy (non-hydrogen) atoms. The van der Waals surface area contributed by atoms with E-state index in [4.69, 9.17) is 12.2 Å². The average molecular weight is 466 g/mol. The van der Waals surface area contributed by atoms with Crippen LogP contribution in [-0.4, -0.2) is 16.9 Å². The molecule has 5 nitrogen and oxygen atoms in total. The second-order valence-corrected chi connectivity index (χ2v) is 8.11. The van der Waals surface area contributed by atoms with Gasteiger partial charge in [0, 0.05) is 22.5 Å². The van der Waals surface area contributed by atoms with Crippen molar-refractivity contribution in [2.45, 2.75) is 6.92 Å². The SMILES string of the molecule is Cc1ccccc1C(=O)Nc1ccc(NC(=S)NC(=O)c2ccc(-c3ccccc3)cc2)cc1. The van der Waals surface area contributed by atoms with Gasteiger partial charge in [-0.3, -0.25) is 14.9 Å². The van der Waals surface area contributed by atoms with E-state index in [-0.39, 0.29) is 16.9 Å². The molecule has 168 valence electrons. The molecule has 3 N–H and O–H groups in total. The molecule has 0 heterocycles. The fourth-order valence-corrected chi connectivity index (χ4v) is 3.66. The van der Waals surface area contributed by atoms with E-state index in [0.29, 0.717) is 22.5 Å². The number of hydrogen-bond donors (Lipinski definition) is 3. The summed E-state index contributed by atoms with van der Waals surface area (Å²) in [5.74, 6) is -0.459. The summed E-state index contributed by atoms with van der Waals surface area (Å²) in [5, 5.41) is 8.75. The van der Waals surface area contributed by atoms with E-state index in [1.54, 1.807) is 42.5 Å². The summed E-state index contributed by atoms with van der Waals surface area (Å²) < 4.78 is 0. The number of carbonyl (C=O) groups excluding carboxylic acids is 2. The minimum absolute atomic E-state index is 0.167. The van der Waals surface area contributed by atoms with Gasteiger partial charge < -0.3 is 10.6 Å². The Hall–Kier alpha value is -4.29. The molecule has 0 aliphatic heterocycles. The van der Waals surface area contributed by atoms with Gasteiger partial charge in [-0.2, -0.15) is 0 Å². The first-order valence-electron chi connectivity index (χ1n) is 10.7. The fraction of sp³-hybridized carbons (Fsp3) is 0.0357. The van der Waals surface area contributed by atoms with Crippen LogP contribution in [-0.2, 0) is 0 Å². The highest BCUT2D eigenvalue weighted by Gasteiger charge is 2.10. The van der Waals surface area contributed by atoms with Gasteiger partial charge in [0.05, 0.1) is 0 Å². The van der Waals surface area contributed by atoms with Crippen molar-refractivity contribution >= 4 is 40.5 Å². The van der Waals surface area contributed by atoms with Crippen LogP contribution in [0, 0.1) is 6.92 Å². The van der Waals surface area contributed by atoms with Crippen molar-refractivity contribution < 1.29 is 9.59 Å². The lowest BCUT2D eigenvalue weighted by Gasteiger charge is -2.11. The fourth-order valence-electron chi connectivity index (χ4n) is 3.45. The van der Waals surface area contributed by atoms with Gasteiger partial charge in [0.1, 0.15) is 0 Å². The number of hydrogen-bond acceptors (Lipinski definition) is 3. The third kappa shape index (κ3) is 5.74. The van der Waals surface area contributed by atoms with Crippen molar-refractivity contribution in [2.24, 2.45) is 0 Å². The van der Waals surface area contributed by atoms with Crippen LogP contribution >= 0.6 is 12.2 Å². The molecular weight excluding hydrogens is 442 g/mol. The zero-order chi connectivity index (χ0) is 23.9. The van der Waals surface area contributed by atoms with Gasteiger partial charge in [0.2, 0.25) is 0 Å². The van der Waals surface area contributed by atoms with Crippen molar-refractivity contribution in [3.05, 3.63) is 120 Å². The summed E-state index contributed by atoms with van der Waals surface area (Å²) in [6, 6.07) is 31.8. The molecule has 0 atom stereocenters. The number of nitrogens with one attached hydrogen (secondary N) is 3. The molecule has 0 aromatic heterocycles. The number of thiocarbonyl (C=S) groups is 1. The molecule has 0 spiro atoms. The Bertz CT molecular complexity index is 1320. The molecule has 2 amide bonds. The van der Waals surface area contributed by atoms with E-state index in [0.717, 1.165) is 16.7 Å². The Morgan fingerprint density at radius 2 is 1.18 bits per heavy atom. The highest BCUT2D eigenvalue weighted by Crippen LogP contribution is 2.19. The number of rotatable bonds is 5. The molecule has 0 aliphatic rings. The van der Waals surface area contributed by atoms with E-state index in [1.165, 1.54) is 0 Å². The van der Waals surface area contributed by atoms with Crippen LogP contribution in [0.1, 0.15) is 26.3 Å². The smallest absolute Gasteiger partial charge is 0.257 e. The van der Waals surface area contributed by atoms with E-state index < -0.39 is 0 Å². The normalized spacial score (nSPS) is 10.3. The van der Waals surface area contributed by atoms with Crippen LogP contribution in [0.15, 0.2) is 103 Å². The first kappa shape index (κ1) is 22.9. The maximum Gasteiger partial charge on any atom is 0.257 e. The minimum atomic E-state index is -0.292. The highest BCUT2D eigenvalue weighted by molar-refractivity contribution is 7.80. The molecule has 4 aromatic rings. The number of aryl methyl sites for hydroxylation is 1. The van der Waals surface area contributed by atoms with Crippen molar-refractivity contribution in [1.82, 2.24) is 5.32 Å². The number of benzene rings is 4. The molecule has 0 unspecified atom stereocenters. The molecule has 0 radical (unpaired) electrons. The standard InChI is InChI=1S/C28H23N3O2S/c1-19-7-5-6-10-25(19)27(33)29-23-15-17-24(18-16-23)30-28(34)31-26(32)22-13-11-21(12-14-22)20-8-3-2-4-9-20/h2-18H,1H3,(H,29,33)(H2,30,31,32,34). The lowest BCUT2D eigenvalue weighted by molar-refractivity contribution is 0.0976. The molecule has 6 heteroatoms. The van der Waals surface area contributed by atoms with Crippen LogP contribution in [0.3, 0.4) is 0 Å². The first-order chi connectivity index (χ1) is 16.5. The van der Waals surface area contributed by atoms with Gasteiger partial charge >= 0.3 is 0 Å². The molecule has 4 aromatic carbocycles. The minimum Gasteiger partial charge on any atom is -0.332 e. The van der Waals surface area contributed by atoms with Gasteiger partial charge in [-0.15, -0.1) is 0 Å². The van der Waals surface area contributed by atoms with Crippen LogP contribution in [0.5, 0.6) is 0 Å². The van der Waals surface area contributed by atoms with Crippen molar-refractivity contribution in [2.75, 3.05) is 10.6 Å². The molecule has 0 bridgehead atoms. The second kappa shape index (κ2) is 10.6. The van der Waals surface area contributed by atoms with E-state index in [9.17, 15) is 9.59 Å². The lowest BCUT2D eigenvalue weighted by atomic mass is 10.0. The summed E-state index contributed by atoms with van der Waals surface area (Å²) in [4.78, 5) is 25.0. The third-order valence-corrected chi connectivity index (χ3v) is 5.48. The van der Waals surface area contributed by atoms with Crippen LogP contribution in [0.4, 0.5) is 11.4 Å². The van der Waals surface area contributed by atoms with Crippen LogP contribution in [0.25, 0.3) is 11.1 Å². The summed E-state index contributed by atoms with van der Waals surface area (Å²) in [5.41, 5.74) is 5.53. The van der Waals surface area contributed by atoms with Gasteiger partial charge in [-0.25, -0.2) is 0 Å². The van der Waals surface area contributed by atoms with Crippen LogP contribution < -0.4 is 16.0 Å². The maximum absolute atomic E-state index is 12.5. The van der Waals surface area contributed by atoms with Crippen LogP contribution in [0.2, 0.25) is 0 Å². The zero-order valence-corrected chi connectivity index (χ0v) is 19.4. The summed E-state index contributed by atoms with van der Waals surface area (Å²) >= 11 is 5.28. The first-order valence-corrected chi connectivity index (χ1v) is 11.2. The van der Waals surface area contributed by atoms with E-state index in [2.05, 4.69) is 16.0 Å². The topological polar surface area (TPSA) is 70.2 Å². The highest BCUT2D eigenvalue weighted by atomic mass is 32.1. The van der Waals surface area contributed by atoms with Gasteiger partial charge in [0.25, 0.3) is 11.8 Å². The summed E-state index contributed by atoms with van der Waals surface area (Å²) in [6.45, 7) is 1.90. The van der Waals surface area contributed by atoms with Gasteiger partial charge in [0.15, 0.2) is 5.11 Å². The molecule has 0 saturated carbocycles. The Balaban J connectivity index is 1.32. The van der Waals surface area contributed by atoms with E-state index in [1.807, 2.05) is 67.6 Å². The number of anilines is 2. The van der Waals surface area contributed by atoms with Crippen molar-refractivity contribution in [3.63, 3.8) is 0 Å². The second-order valence-electron chi connectivity index (χ2n) is 7.70. The van der Waals surface area contributed by atoms with Crippen molar-refractivity contribution in [1.29, 1.82) is 0 Å². The summed E-state index contributed by atoms with van der Waals surface area (Å²) in [7, 11) is 0. The van der Waals surface area contributed by atoms with E-state index >= 15 is 0 Å². The van der Waals surface area contributed by atoms with Crippen molar-refractivity contribution in [3.8, 4) is 11.1 Å². The third-order valence-electron chi connectivity index (χ3n) is 5.27. The Labute approximate surface area is 203 Å². The Kier molecular flexibility index (Phi) is 7.10. The average Bonchev–Trinajstić information content (AvgIpc) is 2.86. The predicted molar refractivity (Wildman–Crippen MR) is 141 cm³/mol. The Morgan fingerprint density at radius 1 is 0.618 bits per heavy atom. The number of amides is 2. The predicted octanol–water partition coefficient (Wildman–Crippen LogP) is 6.04. The largest absolute Gasteiger partial charge is 0.332 e. The zero-order valence-electron chi connectivity index (χ0n) is 18.5.